The molecule has 0 N–H and O–H groups in total. The Hall–Kier alpha value is -0.383. The van der Waals surface area contributed by atoms with Crippen molar-refractivity contribution in [3.63, 3.8) is 0 Å². The lowest BCUT2D eigenvalue weighted by Gasteiger charge is -2.39. The summed E-state index contributed by atoms with van der Waals surface area (Å²) in [6, 6.07) is 0. The second-order valence-electron chi connectivity index (χ2n) is 6.35. The van der Waals surface area contributed by atoms with Gasteiger partial charge in [-0.05, 0) is 42.7 Å². The van der Waals surface area contributed by atoms with Gasteiger partial charge in [0.1, 0.15) is 0 Å². The summed E-state index contributed by atoms with van der Waals surface area (Å²) >= 11 is 0. The Balaban J connectivity index is 3.44. The average Bonchev–Trinajstić information content (AvgIpc) is 2.80. The molecule has 0 radical (unpaired) electrons. The van der Waals surface area contributed by atoms with Gasteiger partial charge in [-0.1, -0.05) is 58.5 Å². The molecule has 1 aliphatic carbocycles. The van der Waals surface area contributed by atoms with Crippen molar-refractivity contribution in [2.24, 2.45) is 5.92 Å². The summed E-state index contributed by atoms with van der Waals surface area (Å²) in [6.07, 6.45) is 4.76. The fraction of sp³-hybridized carbons (Fsp3) is 0.778. The fourth-order valence-electron chi connectivity index (χ4n) is 4.39. The van der Waals surface area contributed by atoms with Crippen LogP contribution in [0.1, 0.15) is 60.3 Å². The van der Waals surface area contributed by atoms with Gasteiger partial charge in [0.05, 0.1) is 7.11 Å². The van der Waals surface area contributed by atoms with E-state index in [1.807, 2.05) is 7.11 Å². The van der Waals surface area contributed by atoms with Crippen LogP contribution < -0.4 is 0 Å². The Morgan fingerprint density at radius 3 is 1.86 bits per heavy atom. The lowest BCUT2D eigenvalue weighted by molar-refractivity contribution is -0.0566. The Kier molecular flexibility index (Phi) is 6.89. The van der Waals surface area contributed by atoms with Crippen molar-refractivity contribution >= 4 is 8.24 Å². The maximum Gasteiger partial charge on any atom is 0.181 e. The zero-order valence-corrected chi connectivity index (χ0v) is 16.5. The highest BCUT2D eigenvalue weighted by Crippen LogP contribution is 2.47. The monoisotopic (exact) mass is 309 g/mol. The topological polar surface area (TPSA) is 12.5 Å². The third-order valence-corrected chi connectivity index (χ3v) is 8.85. The summed E-state index contributed by atoms with van der Waals surface area (Å²) in [5.41, 5.74) is 5.03. The van der Waals surface area contributed by atoms with Crippen molar-refractivity contribution in [3.8, 4) is 0 Å². The van der Waals surface area contributed by atoms with Crippen LogP contribution in [0.3, 0.4) is 0 Å². The highest BCUT2D eigenvalue weighted by Gasteiger charge is 2.43. The molecule has 0 aliphatic heterocycles. The van der Waals surface area contributed by atoms with Gasteiger partial charge in [-0.15, -0.1) is 0 Å². The van der Waals surface area contributed by atoms with Gasteiger partial charge in [0, 0.05) is 6.54 Å². The van der Waals surface area contributed by atoms with Crippen LogP contribution in [0, 0.1) is 5.92 Å². The first kappa shape index (κ1) is 18.7. The molecule has 0 aromatic heterocycles. The molecule has 3 heteroatoms. The standard InChI is InChI=1S/C18H35NOSi/c1-9-14-15(10-2)17(12-4)18(16(14)11-3)21(7,8)19(13-5)20-6/h16H,9-13H2,1-8H3. The van der Waals surface area contributed by atoms with Crippen LogP contribution in [0.25, 0.3) is 0 Å². The van der Waals surface area contributed by atoms with Crippen LogP contribution in [0.5, 0.6) is 0 Å². The van der Waals surface area contributed by atoms with E-state index >= 15 is 0 Å². The highest BCUT2D eigenvalue weighted by molar-refractivity contribution is 6.81. The lowest BCUT2D eigenvalue weighted by Crippen LogP contribution is -2.51. The number of rotatable bonds is 8. The predicted molar refractivity (Wildman–Crippen MR) is 95.6 cm³/mol. The first-order valence-electron chi connectivity index (χ1n) is 8.71. The molecule has 0 spiro atoms. The van der Waals surface area contributed by atoms with Crippen LogP contribution in [0.15, 0.2) is 21.9 Å². The SMILES string of the molecule is CCC1=C(CC)C(CC)C([Si](C)(C)N(CC)OC)=C1CC. The number of hydrogen-bond acceptors (Lipinski definition) is 2. The quantitative estimate of drug-likeness (QED) is 0.435. The summed E-state index contributed by atoms with van der Waals surface area (Å²) in [5, 5.41) is 1.74. The van der Waals surface area contributed by atoms with Crippen molar-refractivity contribution in [2.75, 3.05) is 13.7 Å². The average molecular weight is 310 g/mol. The van der Waals surface area contributed by atoms with Crippen LogP contribution >= 0.6 is 0 Å². The fourth-order valence-corrected chi connectivity index (χ4v) is 8.20. The van der Waals surface area contributed by atoms with Crippen LogP contribution in [-0.2, 0) is 4.84 Å². The number of allylic oxidation sites excluding steroid dienone is 4. The second kappa shape index (κ2) is 7.75. The van der Waals surface area contributed by atoms with Gasteiger partial charge in [0.25, 0.3) is 0 Å². The van der Waals surface area contributed by atoms with Gasteiger partial charge in [-0.2, -0.15) is 0 Å². The largest absolute Gasteiger partial charge is 0.309 e. The van der Waals surface area contributed by atoms with Crippen LogP contribution in [0.4, 0.5) is 0 Å². The maximum atomic E-state index is 5.74. The summed E-state index contributed by atoms with van der Waals surface area (Å²) in [5.74, 6) is 0.658. The van der Waals surface area contributed by atoms with Gasteiger partial charge < -0.3 is 4.84 Å². The van der Waals surface area contributed by atoms with Gasteiger partial charge in [0.15, 0.2) is 8.24 Å². The molecule has 0 saturated heterocycles. The lowest BCUT2D eigenvalue weighted by atomic mass is 9.94. The summed E-state index contributed by atoms with van der Waals surface area (Å²) < 4.78 is 2.27. The molecule has 1 aliphatic rings. The molecular formula is C18H35NOSi. The minimum atomic E-state index is -1.73. The van der Waals surface area contributed by atoms with Gasteiger partial charge in [-0.3, -0.25) is 0 Å². The maximum absolute atomic E-state index is 5.74. The van der Waals surface area contributed by atoms with Crippen molar-refractivity contribution < 1.29 is 4.84 Å². The molecule has 0 fully saturated rings. The molecule has 1 rings (SSSR count). The van der Waals surface area contributed by atoms with Crippen molar-refractivity contribution in [3.05, 3.63) is 21.9 Å². The molecular weight excluding hydrogens is 274 g/mol. The van der Waals surface area contributed by atoms with E-state index in [1.165, 1.54) is 19.3 Å². The van der Waals surface area contributed by atoms with Crippen molar-refractivity contribution in [1.29, 1.82) is 0 Å². The van der Waals surface area contributed by atoms with E-state index < -0.39 is 8.24 Å². The van der Waals surface area contributed by atoms with E-state index in [-0.39, 0.29) is 0 Å². The Morgan fingerprint density at radius 1 is 0.952 bits per heavy atom. The molecule has 0 saturated carbocycles. The van der Waals surface area contributed by atoms with E-state index in [1.54, 1.807) is 21.9 Å². The normalized spacial score (nSPS) is 20.1. The molecule has 0 bridgehead atoms. The molecule has 0 heterocycles. The molecule has 1 atom stereocenters. The van der Waals surface area contributed by atoms with Crippen LogP contribution in [0.2, 0.25) is 13.1 Å². The second-order valence-corrected chi connectivity index (χ2v) is 10.5. The van der Waals surface area contributed by atoms with Gasteiger partial charge in [-0.25, -0.2) is 4.73 Å². The molecule has 0 amide bonds. The molecule has 0 aromatic carbocycles. The minimum Gasteiger partial charge on any atom is -0.309 e. The van der Waals surface area contributed by atoms with E-state index in [9.17, 15) is 0 Å². The number of nitrogens with zero attached hydrogens (tertiary/aromatic N) is 1. The molecule has 0 aromatic rings. The van der Waals surface area contributed by atoms with Gasteiger partial charge >= 0.3 is 0 Å². The Labute approximate surface area is 133 Å². The van der Waals surface area contributed by atoms with Crippen LogP contribution in [-0.4, -0.2) is 26.6 Å². The summed E-state index contributed by atoms with van der Waals surface area (Å²) in [7, 11) is 0.0937. The first-order chi connectivity index (χ1) is 9.94. The zero-order chi connectivity index (χ0) is 16.2. The Bertz CT molecular complexity index is 419. The van der Waals surface area contributed by atoms with E-state index in [0.717, 1.165) is 13.0 Å². The number of hydrogen-bond donors (Lipinski definition) is 0. The Morgan fingerprint density at radius 2 is 1.52 bits per heavy atom. The third-order valence-electron chi connectivity index (χ3n) is 5.13. The third kappa shape index (κ3) is 3.20. The molecule has 1 unspecified atom stereocenters. The predicted octanol–water partition coefficient (Wildman–Crippen LogP) is 5.48. The van der Waals surface area contributed by atoms with Crippen molar-refractivity contribution in [1.82, 2.24) is 4.73 Å². The van der Waals surface area contributed by atoms with Crippen molar-refractivity contribution in [2.45, 2.75) is 73.4 Å². The zero-order valence-electron chi connectivity index (χ0n) is 15.5. The smallest absolute Gasteiger partial charge is 0.181 e. The van der Waals surface area contributed by atoms with E-state index in [0.29, 0.717) is 5.92 Å². The number of hydroxylamine groups is 1. The highest BCUT2D eigenvalue weighted by atomic mass is 28.3. The molecule has 21 heavy (non-hydrogen) atoms. The summed E-state index contributed by atoms with van der Waals surface area (Å²) in [4.78, 5) is 5.74. The minimum absolute atomic E-state index is 0.658. The molecule has 122 valence electrons. The van der Waals surface area contributed by atoms with Gasteiger partial charge in [0.2, 0.25) is 0 Å². The first-order valence-corrected chi connectivity index (χ1v) is 11.7. The van der Waals surface area contributed by atoms with E-state index in [2.05, 4.69) is 52.4 Å². The molecule has 2 nitrogen and oxygen atoms in total. The summed E-state index contributed by atoms with van der Waals surface area (Å²) in [6.45, 7) is 17.4. The van der Waals surface area contributed by atoms with E-state index in [4.69, 9.17) is 4.84 Å².